The Morgan fingerprint density at radius 3 is 1.91 bits per heavy atom. The Morgan fingerprint density at radius 1 is 0.519 bits per heavy atom. The highest BCUT2D eigenvalue weighted by Gasteiger charge is 2.42. The van der Waals surface area contributed by atoms with E-state index < -0.39 is 0 Å². The second-order valence-electron chi connectivity index (χ2n) is 16.3. The van der Waals surface area contributed by atoms with E-state index in [4.69, 9.17) is 15.0 Å². The van der Waals surface area contributed by atoms with E-state index in [0.717, 1.165) is 29.8 Å². The van der Waals surface area contributed by atoms with E-state index in [1.807, 2.05) is 18.2 Å². The van der Waals surface area contributed by atoms with Crippen LogP contribution in [-0.4, -0.2) is 15.0 Å². The summed E-state index contributed by atoms with van der Waals surface area (Å²) in [4.78, 5) is 15.2. The Morgan fingerprint density at radius 2 is 1.15 bits per heavy atom. The third kappa shape index (κ3) is 5.21. The molecule has 1 aromatic heterocycles. The molecule has 10 rings (SSSR count). The Hall–Kier alpha value is -5.93. The summed E-state index contributed by atoms with van der Waals surface area (Å²) >= 11 is 0. The van der Waals surface area contributed by atoms with Crippen molar-refractivity contribution in [3.8, 4) is 33.9 Å². The van der Waals surface area contributed by atoms with Crippen molar-refractivity contribution in [3.05, 3.63) is 196 Å². The van der Waals surface area contributed by atoms with Crippen molar-refractivity contribution in [1.82, 2.24) is 15.0 Å². The van der Waals surface area contributed by atoms with Gasteiger partial charge in [-0.2, -0.15) is 0 Å². The van der Waals surface area contributed by atoms with Gasteiger partial charge in [0.1, 0.15) is 5.82 Å². The van der Waals surface area contributed by atoms with Crippen LogP contribution in [0.3, 0.4) is 0 Å². The molecule has 5 aromatic carbocycles. The average molecular weight is 698 g/mol. The third-order valence-electron chi connectivity index (χ3n) is 12.5. The molecule has 0 spiro atoms. The van der Waals surface area contributed by atoms with Gasteiger partial charge in [0.05, 0.1) is 0 Å². The van der Waals surface area contributed by atoms with Crippen LogP contribution in [-0.2, 0) is 10.8 Å². The minimum absolute atomic E-state index is 0.0240. The standard InChI is InChI=1S/C51H43N3/c1-50(2)43-16-10-8-14-39(43)41-28-26-37(30-45(41)50)32-18-22-35(23-19-32)48-52-47(34-12-6-5-7-13-34)53-49(54-48)36-24-20-33(21-25-36)38-27-29-42-40-15-9-11-17-44(40)51(3,4)46(42)31-38/h5-24,26-27,29-31,36,41H,25,28H2,1-4H3. The summed E-state index contributed by atoms with van der Waals surface area (Å²) in [5, 5.41) is 0. The zero-order valence-corrected chi connectivity index (χ0v) is 31.3. The van der Waals surface area contributed by atoms with Gasteiger partial charge in [-0.25, -0.2) is 15.0 Å². The van der Waals surface area contributed by atoms with Crippen LogP contribution in [0.2, 0.25) is 0 Å². The van der Waals surface area contributed by atoms with Crippen LogP contribution in [0.4, 0.5) is 0 Å². The van der Waals surface area contributed by atoms with Crippen molar-refractivity contribution < 1.29 is 0 Å². The van der Waals surface area contributed by atoms with Gasteiger partial charge in [0, 0.05) is 33.8 Å². The summed E-state index contributed by atoms with van der Waals surface area (Å²) in [5.41, 5.74) is 17.0. The molecule has 0 N–H and O–H groups in total. The molecule has 0 aliphatic heterocycles. The summed E-state index contributed by atoms with van der Waals surface area (Å²) in [6.07, 6.45) is 13.6. The number of fused-ring (bicyclic) bond motifs is 6. The molecule has 3 nitrogen and oxygen atoms in total. The number of aromatic nitrogens is 3. The van der Waals surface area contributed by atoms with Gasteiger partial charge < -0.3 is 0 Å². The smallest absolute Gasteiger partial charge is 0.163 e. The first-order valence-electron chi connectivity index (χ1n) is 19.3. The van der Waals surface area contributed by atoms with E-state index >= 15 is 0 Å². The fourth-order valence-electron chi connectivity index (χ4n) is 9.46. The predicted octanol–water partition coefficient (Wildman–Crippen LogP) is 12.4. The molecule has 0 saturated heterocycles. The molecule has 4 aliphatic carbocycles. The van der Waals surface area contributed by atoms with Gasteiger partial charge in [-0.3, -0.25) is 0 Å². The molecule has 4 aliphatic rings. The lowest BCUT2D eigenvalue weighted by molar-refractivity contribution is 0.613. The molecule has 262 valence electrons. The van der Waals surface area contributed by atoms with Crippen molar-refractivity contribution in [3.63, 3.8) is 0 Å². The lowest BCUT2D eigenvalue weighted by atomic mass is 9.77. The average Bonchev–Trinajstić information content (AvgIpc) is 3.60. The zero-order chi connectivity index (χ0) is 36.6. The van der Waals surface area contributed by atoms with Crippen molar-refractivity contribution in [2.24, 2.45) is 0 Å². The molecule has 2 unspecified atom stereocenters. The first kappa shape index (κ1) is 32.7. The molecule has 0 fully saturated rings. The topological polar surface area (TPSA) is 38.7 Å². The fraction of sp³-hybridized carbons (Fsp3) is 0.196. The number of hydrogen-bond acceptors (Lipinski definition) is 3. The molecule has 6 aromatic rings. The van der Waals surface area contributed by atoms with Gasteiger partial charge in [-0.15, -0.1) is 0 Å². The number of allylic oxidation sites excluding steroid dienone is 8. The van der Waals surface area contributed by atoms with Crippen LogP contribution in [0.15, 0.2) is 157 Å². The normalized spacial score (nSPS) is 19.9. The van der Waals surface area contributed by atoms with E-state index in [0.29, 0.717) is 17.6 Å². The van der Waals surface area contributed by atoms with Gasteiger partial charge in [0.2, 0.25) is 0 Å². The largest absolute Gasteiger partial charge is 0.212 e. The van der Waals surface area contributed by atoms with Crippen LogP contribution in [0.5, 0.6) is 0 Å². The summed E-state index contributed by atoms with van der Waals surface area (Å²) < 4.78 is 0. The minimum Gasteiger partial charge on any atom is -0.212 e. The van der Waals surface area contributed by atoms with E-state index in [9.17, 15) is 0 Å². The van der Waals surface area contributed by atoms with E-state index in [2.05, 4.69) is 161 Å². The molecule has 0 bridgehead atoms. The second-order valence-corrected chi connectivity index (χ2v) is 16.3. The van der Waals surface area contributed by atoms with Crippen molar-refractivity contribution >= 4 is 11.1 Å². The summed E-state index contributed by atoms with van der Waals surface area (Å²) in [7, 11) is 0. The van der Waals surface area contributed by atoms with Gasteiger partial charge in [-0.1, -0.05) is 179 Å². The quantitative estimate of drug-likeness (QED) is 0.180. The summed E-state index contributed by atoms with van der Waals surface area (Å²) in [6.45, 7) is 9.43. The third-order valence-corrected chi connectivity index (χ3v) is 12.5. The predicted molar refractivity (Wildman–Crippen MR) is 222 cm³/mol. The maximum atomic E-state index is 5.14. The Labute approximate surface area is 318 Å². The van der Waals surface area contributed by atoms with Crippen molar-refractivity contribution in [1.29, 1.82) is 0 Å². The number of rotatable bonds is 5. The van der Waals surface area contributed by atoms with Crippen molar-refractivity contribution in [2.45, 2.75) is 63.2 Å². The molecule has 0 saturated carbocycles. The first-order valence-corrected chi connectivity index (χ1v) is 19.3. The van der Waals surface area contributed by atoms with E-state index in [-0.39, 0.29) is 16.7 Å². The molecule has 2 atom stereocenters. The van der Waals surface area contributed by atoms with Crippen LogP contribution >= 0.6 is 0 Å². The maximum absolute atomic E-state index is 5.14. The number of benzene rings is 5. The molecule has 3 heteroatoms. The SMILES string of the molecule is CC1(C)C2=CC(c3ccc(-c4nc(-c5ccccc5)nc(C5C=CC(c6ccc7c(c6)C(C)(C)c6ccccc6-7)=CC5)n4)cc3)=CCC2c2ccccc21. The maximum Gasteiger partial charge on any atom is 0.163 e. The Balaban J connectivity index is 0.940. The highest BCUT2D eigenvalue weighted by Crippen LogP contribution is 2.54. The van der Waals surface area contributed by atoms with Gasteiger partial charge >= 0.3 is 0 Å². The molecule has 0 radical (unpaired) electrons. The number of nitrogens with zero attached hydrogens (tertiary/aromatic N) is 3. The van der Waals surface area contributed by atoms with Crippen LogP contribution in [0.25, 0.3) is 45.0 Å². The first-order chi connectivity index (χ1) is 26.3. The van der Waals surface area contributed by atoms with E-state index in [1.54, 1.807) is 0 Å². The fourth-order valence-corrected chi connectivity index (χ4v) is 9.46. The lowest BCUT2D eigenvalue weighted by Crippen LogP contribution is -2.17. The van der Waals surface area contributed by atoms with Gasteiger partial charge in [0.15, 0.2) is 11.6 Å². The molecule has 0 amide bonds. The molecule has 1 heterocycles. The molecular formula is C51H43N3. The highest BCUT2D eigenvalue weighted by molar-refractivity contribution is 5.85. The summed E-state index contributed by atoms with van der Waals surface area (Å²) in [6, 6.07) is 43.9. The minimum atomic E-state index is -0.0240. The lowest BCUT2D eigenvalue weighted by Gasteiger charge is -2.27. The molecular weight excluding hydrogens is 655 g/mol. The number of hydrogen-bond donors (Lipinski definition) is 0. The monoisotopic (exact) mass is 697 g/mol. The summed E-state index contributed by atoms with van der Waals surface area (Å²) in [5.74, 6) is 2.74. The Bertz CT molecular complexity index is 2600. The van der Waals surface area contributed by atoms with E-state index in [1.165, 1.54) is 61.2 Å². The van der Waals surface area contributed by atoms with Crippen LogP contribution < -0.4 is 0 Å². The molecule has 54 heavy (non-hydrogen) atoms. The van der Waals surface area contributed by atoms with Crippen LogP contribution in [0, 0.1) is 0 Å². The Kier molecular flexibility index (Phi) is 7.46. The zero-order valence-electron chi connectivity index (χ0n) is 31.3. The second kappa shape index (κ2) is 12.3. The van der Waals surface area contributed by atoms with Crippen molar-refractivity contribution in [2.75, 3.05) is 0 Å². The van der Waals surface area contributed by atoms with Gasteiger partial charge in [0.25, 0.3) is 0 Å². The van der Waals surface area contributed by atoms with Crippen LogP contribution in [0.1, 0.15) is 91.6 Å². The highest BCUT2D eigenvalue weighted by atomic mass is 15.0. The van der Waals surface area contributed by atoms with Gasteiger partial charge in [-0.05, 0) is 74.6 Å².